The van der Waals surface area contributed by atoms with E-state index in [2.05, 4.69) is 20.5 Å². The average molecular weight is 320 g/mol. The van der Waals surface area contributed by atoms with E-state index >= 15 is 0 Å². The molecule has 0 atom stereocenters. The lowest BCUT2D eigenvalue weighted by Gasteiger charge is -2.07. The van der Waals surface area contributed by atoms with Crippen molar-refractivity contribution in [3.8, 4) is 22.9 Å². The molecule has 3 aromatic rings. The fraction of sp³-hybridized carbons (Fsp3) is 0.0556. The Bertz CT molecular complexity index is 894. The summed E-state index contributed by atoms with van der Waals surface area (Å²) in [6.45, 7) is 1.84. The summed E-state index contributed by atoms with van der Waals surface area (Å²) in [5.74, 6) is 1.17. The van der Waals surface area contributed by atoms with Gasteiger partial charge in [-0.2, -0.15) is 5.10 Å². The smallest absolute Gasteiger partial charge is 0.165 e. The van der Waals surface area contributed by atoms with Gasteiger partial charge in [-0.05, 0) is 31.2 Å². The third-order valence-electron chi connectivity index (χ3n) is 3.32. The van der Waals surface area contributed by atoms with Crippen LogP contribution in [0.3, 0.4) is 0 Å². The maximum Gasteiger partial charge on any atom is 0.165 e. The lowest BCUT2D eigenvalue weighted by Crippen LogP contribution is -1.99. The van der Waals surface area contributed by atoms with Gasteiger partial charge >= 0.3 is 0 Å². The first kappa shape index (κ1) is 15.5. The lowest BCUT2D eigenvalue weighted by molar-refractivity contribution is 0.474. The summed E-state index contributed by atoms with van der Waals surface area (Å²) >= 11 is 0. The number of hydrazone groups is 1. The summed E-state index contributed by atoms with van der Waals surface area (Å²) in [5, 5.41) is 23.7. The monoisotopic (exact) mass is 320 g/mol. The van der Waals surface area contributed by atoms with E-state index in [1.807, 2.05) is 19.1 Å². The van der Waals surface area contributed by atoms with E-state index in [9.17, 15) is 10.2 Å². The number of hydrogen-bond acceptors (Lipinski definition) is 6. The maximum atomic E-state index is 9.94. The molecule has 1 aromatic heterocycles. The molecule has 6 nitrogen and oxygen atoms in total. The molecule has 1 heterocycles. The van der Waals surface area contributed by atoms with Gasteiger partial charge in [-0.25, -0.2) is 9.97 Å². The maximum absolute atomic E-state index is 9.94. The predicted octanol–water partition coefficient (Wildman–Crippen LogP) is 3.31. The van der Waals surface area contributed by atoms with Gasteiger partial charge < -0.3 is 10.2 Å². The summed E-state index contributed by atoms with van der Waals surface area (Å²) < 4.78 is 0. The first-order valence-corrected chi connectivity index (χ1v) is 7.34. The Morgan fingerprint density at radius 1 is 0.958 bits per heavy atom. The highest BCUT2D eigenvalue weighted by atomic mass is 16.3. The minimum atomic E-state index is 0.117. The van der Waals surface area contributed by atoms with E-state index in [4.69, 9.17) is 0 Å². The number of nitrogens with zero attached hydrogens (tertiary/aromatic N) is 3. The van der Waals surface area contributed by atoms with Gasteiger partial charge in [-0.15, -0.1) is 0 Å². The number of phenolic OH excluding ortho intramolecular Hbond substituents is 2. The molecule has 0 saturated heterocycles. The molecular weight excluding hydrogens is 304 g/mol. The van der Waals surface area contributed by atoms with E-state index in [1.165, 1.54) is 6.21 Å². The van der Waals surface area contributed by atoms with Gasteiger partial charge in [0.05, 0.1) is 11.8 Å². The van der Waals surface area contributed by atoms with Crippen LogP contribution in [0.2, 0.25) is 0 Å². The molecule has 0 unspecified atom stereocenters. The van der Waals surface area contributed by atoms with Gasteiger partial charge in [0, 0.05) is 17.3 Å². The van der Waals surface area contributed by atoms with Crippen molar-refractivity contribution in [1.29, 1.82) is 0 Å². The quantitative estimate of drug-likeness (QED) is 0.507. The third-order valence-corrected chi connectivity index (χ3v) is 3.32. The van der Waals surface area contributed by atoms with Gasteiger partial charge in [0.15, 0.2) is 11.6 Å². The Morgan fingerprint density at radius 3 is 2.42 bits per heavy atom. The molecule has 6 heteroatoms. The van der Waals surface area contributed by atoms with Crippen molar-refractivity contribution in [2.24, 2.45) is 5.10 Å². The fourth-order valence-corrected chi connectivity index (χ4v) is 2.17. The molecule has 0 spiro atoms. The Kier molecular flexibility index (Phi) is 4.38. The van der Waals surface area contributed by atoms with Crippen LogP contribution in [0.25, 0.3) is 11.4 Å². The first-order valence-electron chi connectivity index (χ1n) is 7.34. The molecule has 0 amide bonds. The number of hydrogen-bond donors (Lipinski definition) is 3. The van der Waals surface area contributed by atoms with Gasteiger partial charge in [-0.1, -0.05) is 24.3 Å². The molecule has 120 valence electrons. The second-order valence-electron chi connectivity index (χ2n) is 5.16. The zero-order chi connectivity index (χ0) is 16.9. The molecular formula is C18H16N4O2. The van der Waals surface area contributed by atoms with Crippen LogP contribution in [0, 0.1) is 6.92 Å². The summed E-state index contributed by atoms with van der Waals surface area (Å²) in [6.07, 6.45) is 1.51. The van der Waals surface area contributed by atoms with Crippen LogP contribution in [-0.2, 0) is 0 Å². The van der Waals surface area contributed by atoms with Crippen LogP contribution in [-0.4, -0.2) is 26.4 Å². The summed E-state index contributed by atoms with van der Waals surface area (Å²) in [4.78, 5) is 8.70. The number of benzene rings is 2. The zero-order valence-corrected chi connectivity index (χ0v) is 13.0. The number of anilines is 1. The van der Waals surface area contributed by atoms with E-state index in [0.717, 1.165) is 5.69 Å². The van der Waals surface area contributed by atoms with E-state index in [-0.39, 0.29) is 11.5 Å². The van der Waals surface area contributed by atoms with Gasteiger partial charge in [0.25, 0.3) is 0 Å². The van der Waals surface area contributed by atoms with Crippen molar-refractivity contribution in [2.75, 3.05) is 5.43 Å². The molecule has 0 aliphatic carbocycles. The number of aromatic nitrogens is 2. The number of aryl methyl sites for hydroxylation is 1. The van der Waals surface area contributed by atoms with Crippen molar-refractivity contribution in [3.63, 3.8) is 0 Å². The van der Waals surface area contributed by atoms with Gasteiger partial charge in [0.2, 0.25) is 0 Å². The minimum absolute atomic E-state index is 0.117. The van der Waals surface area contributed by atoms with Crippen LogP contribution >= 0.6 is 0 Å². The number of para-hydroxylation sites is 2. The van der Waals surface area contributed by atoms with Crippen molar-refractivity contribution < 1.29 is 10.2 Å². The fourth-order valence-electron chi connectivity index (χ4n) is 2.17. The SMILES string of the molecule is Cc1cc(N/N=C/c2ccccc2O)nc(-c2ccccc2O)n1. The Balaban J connectivity index is 1.85. The van der Waals surface area contributed by atoms with Crippen LogP contribution in [0.5, 0.6) is 11.5 Å². The molecule has 0 saturated carbocycles. The lowest BCUT2D eigenvalue weighted by atomic mass is 10.2. The second-order valence-corrected chi connectivity index (χ2v) is 5.16. The predicted molar refractivity (Wildman–Crippen MR) is 93.2 cm³/mol. The summed E-state index contributed by atoms with van der Waals surface area (Å²) in [5.41, 5.74) is 4.70. The minimum Gasteiger partial charge on any atom is -0.507 e. The standard InChI is InChI=1S/C18H16N4O2/c1-12-10-17(22-19-11-13-6-2-4-8-15(13)23)21-18(20-12)14-7-3-5-9-16(14)24/h2-11,23-24H,1H3,(H,20,21,22)/b19-11+. The average Bonchev–Trinajstić information content (AvgIpc) is 2.56. The summed E-state index contributed by atoms with van der Waals surface area (Å²) in [6, 6.07) is 15.5. The molecule has 0 fully saturated rings. The number of nitrogens with one attached hydrogen (secondary N) is 1. The van der Waals surface area contributed by atoms with Crippen molar-refractivity contribution in [1.82, 2.24) is 9.97 Å². The van der Waals surface area contributed by atoms with E-state index < -0.39 is 0 Å². The molecule has 24 heavy (non-hydrogen) atoms. The number of rotatable bonds is 4. The van der Waals surface area contributed by atoms with Crippen molar-refractivity contribution in [2.45, 2.75) is 6.92 Å². The highest BCUT2D eigenvalue weighted by molar-refractivity contribution is 5.83. The third kappa shape index (κ3) is 3.49. The van der Waals surface area contributed by atoms with Crippen LogP contribution < -0.4 is 5.43 Å². The highest BCUT2D eigenvalue weighted by Gasteiger charge is 2.08. The number of aromatic hydroxyl groups is 2. The molecule has 0 aliphatic heterocycles. The van der Waals surface area contributed by atoms with Gasteiger partial charge in [-0.3, -0.25) is 5.43 Å². The Hall–Kier alpha value is -3.41. The zero-order valence-electron chi connectivity index (χ0n) is 13.0. The van der Waals surface area contributed by atoms with E-state index in [0.29, 0.717) is 22.8 Å². The van der Waals surface area contributed by atoms with Crippen molar-refractivity contribution >= 4 is 12.0 Å². The van der Waals surface area contributed by atoms with E-state index in [1.54, 1.807) is 42.5 Å². The van der Waals surface area contributed by atoms with Gasteiger partial charge in [0.1, 0.15) is 11.5 Å². The molecule has 0 radical (unpaired) electrons. The number of phenols is 2. The molecule has 0 aliphatic rings. The summed E-state index contributed by atoms with van der Waals surface area (Å²) in [7, 11) is 0. The molecule has 3 N–H and O–H groups in total. The van der Waals surface area contributed by atoms with Crippen LogP contribution in [0.15, 0.2) is 59.7 Å². The molecule has 3 rings (SSSR count). The largest absolute Gasteiger partial charge is 0.507 e. The first-order chi connectivity index (χ1) is 11.6. The van der Waals surface area contributed by atoms with Crippen LogP contribution in [0.4, 0.5) is 5.82 Å². The second kappa shape index (κ2) is 6.78. The Morgan fingerprint density at radius 2 is 1.67 bits per heavy atom. The highest BCUT2D eigenvalue weighted by Crippen LogP contribution is 2.26. The molecule has 0 bridgehead atoms. The molecule has 2 aromatic carbocycles. The van der Waals surface area contributed by atoms with Crippen LogP contribution in [0.1, 0.15) is 11.3 Å². The van der Waals surface area contributed by atoms with Crippen molar-refractivity contribution in [3.05, 3.63) is 65.9 Å². The Labute approximate surface area is 139 Å². The normalized spacial score (nSPS) is 10.9. The topological polar surface area (TPSA) is 90.6 Å².